The standard InChI is InChI=1S/C26H31O3PS/c1-18(14-15-20-10-8-9-13-23(20)30)16-24(25-19(2)22(27)17-26(25,3)4)31(28,29)21-11-6-5-7-12-21/h5-14,24H,15-17,30H2,1-4H3. The molecule has 0 aliphatic heterocycles. The summed E-state index contributed by atoms with van der Waals surface area (Å²) >= 11 is 0. The Morgan fingerprint density at radius 2 is 1.71 bits per heavy atom. The zero-order chi connectivity index (χ0) is 22.8. The molecule has 0 radical (unpaired) electrons. The SMILES string of the molecule is CC(=CCc1ccccc1P)CC(C1=C(C)C(=O)CC1(C)C)S(=O)(=O)c1ccccc1. The maximum Gasteiger partial charge on any atom is 0.185 e. The van der Waals surface area contributed by atoms with Crippen molar-refractivity contribution in [1.82, 2.24) is 0 Å². The van der Waals surface area contributed by atoms with Gasteiger partial charge in [0, 0.05) is 6.42 Å². The lowest BCUT2D eigenvalue weighted by molar-refractivity contribution is -0.115. The van der Waals surface area contributed by atoms with Crippen molar-refractivity contribution in [3.8, 4) is 0 Å². The first-order valence-electron chi connectivity index (χ1n) is 10.6. The van der Waals surface area contributed by atoms with Crippen LogP contribution in [0.15, 0.2) is 82.3 Å². The van der Waals surface area contributed by atoms with Crippen LogP contribution in [-0.4, -0.2) is 19.5 Å². The van der Waals surface area contributed by atoms with E-state index in [1.165, 1.54) is 5.56 Å². The topological polar surface area (TPSA) is 51.2 Å². The molecule has 0 heterocycles. The Kier molecular flexibility index (Phi) is 7.03. The number of carbonyl (C=O) groups excluding carboxylic acids is 1. The first kappa shape index (κ1) is 23.6. The molecule has 31 heavy (non-hydrogen) atoms. The fourth-order valence-corrected chi connectivity index (χ4v) is 6.96. The van der Waals surface area contributed by atoms with Crippen LogP contribution >= 0.6 is 9.24 Å². The van der Waals surface area contributed by atoms with Gasteiger partial charge in [-0.15, -0.1) is 9.24 Å². The lowest BCUT2D eigenvalue weighted by atomic mass is 9.82. The van der Waals surface area contributed by atoms with Gasteiger partial charge in [0.15, 0.2) is 15.6 Å². The van der Waals surface area contributed by atoms with E-state index in [1.54, 1.807) is 31.2 Å². The number of benzene rings is 2. The Labute approximate surface area is 188 Å². The van der Waals surface area contributed by atoms with E-state index in [2.05, 4.69) is 21.4 Å². The van der Waals surface area contributed by atoms with E-state index in [1.807, 2.05) is 45.0 Å². The summed E-state index contributed by atoms with van der Waals surface area (Å²) in [6, 6.07) is 16.7. The molecule has 0 bridgehead atoms. The number of hydrogen-bond acceptors (Lipinski definition) is 3. The minimum absolute atomic E-state index is 0.0480. The third kappa shape index (κ3) is 5.07. The Morgan fingerprint density at radius 1 is 1.10 bits per heavy atom. The van der Waals surface area contributed by atoms with Gasteiger partial charge in [-0.1, -0.05) is 68.0 Å². The summed E-state index contributed by atoms with van der Waals surface area (Å²) < 4.78 is 27.5. The molecule has 1 aliphatic rings. The molecule has 0 spiro atoms. The highest BCUT2D eigenvalue weighted by molar-refractivity contribution is 7.92. The fraction of sp³-hybridized carbons (Fsp3) is 0.346. The van der Waals surface area contributed by atoms with Crippen molar-refractivity contribution in [3.05, 3.63) is 83.0 Å². The lowest BCUT2D eigenvalue weighted by Crippen LogP contribution is -2.30. The van der Waals surface area contributed by atoms with Crippen LogP contribution in [0.3, 0.4) is 0 Å². The number of carbonyl (C=O) groups is 1. The highest BCUT2D eigenvalue weighted by atomic mass is 32.2. The van der Waals surface area contributed by atoms with Gasteiger partial charge < -0.3 is 0 Å². The second-order valence-corrected chi connectivity index (χ2v) is 11.8. The van der Waals surface area contributed by atoms with Crippen LogP contribution in [0.1, 0.15) is 46.1 Å². The Hall–Kier alpha value is -2.03. The van der Waals surface area contributed by atoms with Gasteiger partial charge >= 0.3 is 0 Å². The van der Waals surface area contributed by atoms with Gasteiger partial charge in [0.2, 0.25) is 0 Å². The quantitative estimate of drug-likeness (QED) is 0.426. The maximum absolute atomic E-state index is 13.7. The average molecular weight is 455 g/mol. The van der Waals surface area contributed by atoms with Gasteiger partial charge in [0.25, 0.3) is 0 Å². The molecule has 0 saturated carbocycles. The van der Waals surface area contributed by atoms with E-state index in [9.17, 15) is 13.2 Å². The molecule has 0 fully saturated rings. The van der Waals surface area contributed by atoms with Crippen molar-refractivity contribution in [2.24, 2.45) is 5.41 Å². The van der Waals surface area contributed by atoms with Crippen LogP contribution in [0.4, 0.5) is 0 Å². The van der Waals surface area contributed by atoms with Crippen LogP contribution in [0.25, 0.3) is 0 Å². The number of Topliss-reactive ketones (excluding diaryl/α,β-unsaturated/α-hetero) is 1. The number of hydrogen-bond donors (Lipinski definition) is 0. The highest BCUT2D eigenvalue weighted by Gasteiger charge is 2.44. The summed E-state index contributed by atoms with van der Waals surface area (Å²) in [6.45, 7) is 7.73. The van der Waals surface area contributed by atoms with E-state index < -0.39 is 20.5 Å². The smallest absolute Gasteiger partial charge is 0.185 e. The van der Waals surface area contributed by atoms with Crippen LogP contribution in [0.5, 0.6) is 0 Å². The molecule has 0 N–H and O–H groups in total. The Bertz CT molecular complexity index is 1140. The zero-order valence-electron chi connectivity index (χ0n) is 18.7. The summed E-state index contributed by atoms with van der Waals surface area (Å²) in [6.07, 6.45) is 3.58. The van der Waals surface area contributed by atoms with E-state index in [0.717, 1.165) is 22.9 Å². The summed E-state index contributed by atoms with van der Waals surface area (Å²) in [7, 11) is -0.907. The predicted molar refractivity (Wildman–Crippen MR) is 131 cm³/mol. The third-order valence-corrected chi connectivity index (χ3v) is 8.80. The van der Waals surface area contributed by atoms with Gasteiger partial charge in [-0.2, -0.15) is 0 Å². The van der Waals surface area contributed by atoms with Crippen molar-refractivity contribution in [3.63, 3.8) is 0 Å². The lowest BCUT2D eigenvalue weighted by Gasteiger charge is -2.30. The third-order valence-electron chi connectivity index (χ3n) is 6.16. The van der Waals surface area contributed by atoms with E-state index in [0.29, 0.717) is 23.3 Å². The molecule has 1 aliphatic carbocycles. The largest absolute Gasteiger partial charge is 0.295 e. The Morgan fingerprint density at radius 3 is 2.29 bits per heavy atom. The Balaban J connectivity index is 2.02. The number of sulfone groups is 1. The maximum atomic E-state index is 13.7. The minimum atomic E-state index is -3.65. The summed E-state index contributed by atoms with van der Waals surface area (Å²) in [5, 5.41) is 0.389. The molecule has 3 rings (SSSR count). The van der Waals surface area contributed by atoms with Crippen LogP contribution in [-0.2, 0) is 21.1 Å². The minimum Gasteiger partial charge on any atom is -0.295 e. The number of ketones is 1. The molecule has 0 aromatic heterocycles. The molecule has 2 aromatic rings. The van der Waals surface area contributed by atoms with Crippen molar-refractivity contribution >= 4 is 30.2 Å². The molecule has 2 atom stereocenters. The van der Waals surface area contributed by atoms with Gasteiger partial charge in [0.05, 0.1) is 10.1 Å². The van der Waals surface area contributed by atoms with Crippen molar-refractivity contribution < 1.29 is 13.2 Å². The average Bonchev–Trinajstić information content (AvgIpc) is 2.92. The van der Waals surface area contributed by atoms with E-state index in [-0.39, 0.29) is 5.78 Å². The summed E-state index contributed by atoms with van der Waals surface area (Å²) in [4.78, 5) is 12.8. The first-order valence-corrected chi connectivity index (χ1v) is 12.7. The second-order valence-electron chi connectivity index (χ2n) is 9.03. The highest BCUT2D eigenvalue weighted by Crippen LogP contribution is 2.46. The van der Waals surface area contributed by atoms with Crippen molar-refractivity contribution in [1.29, 1.82) is 0 Å². The van der Waals surface area contributed by atoms with Gasteiger partial charge in [-0.3, -0.25) is 4.79 Å². The van der Waals surface area contributed by atoms with E-state index >= 15 is 0 Å². The number of rotatable bonds is 7. The molecule has 0 amide bonds. The van der Waals surface area contributed by atoms with Gasteiger partial charge in [0.1, 0.15) is 0 Å². The summed E-state index contributed by atoms with van der Waals surface area (Å²) in [5.41, 5.74) is 3.10. The second kappa shape index (κ2) is 9.22. The van der Waals surface area contributed by atoms with Crippen LogP contribution in [0, 0.1) is 5.41 Å². The number of allylic oxidation sites excluding steroid dienone is 3. The molecule has 0 saturated heterocycles. The monoisotopic (exact) mass is 454 g/mol. The van der Waals surface area contributed by atoms with E-state index in [4.69, 9.17) is 0 Å². The first-order chi connectivity index (χ1) is 14.5. The van der Waals surface area contributed by atoms with Gasteiger partial charge in [-0.25, -0.2) is 8.42 Å². The molecular weight excluding hydrogens is 423 g/mol. The van der Waals surface area contributed by atoms with Gasteiger partial charge in [-0.05, 0) is 66.3 Å². The van der Waals surface area contributed by atoms with Crippen molar-refractivity contribution in [2.45, 2.75) is 57.1 Å². The molecule has 3 nitrogen and oxygen atoms in total. The predicted octanol–water partition coefficient (Wildman–Crippen LogP) is 5.22. The summed E-state index contributed by atoms with van der Waals surface area (Å²) in [5.74, 6) is 0.0480. The molecule has 5 heteroatoms. The molecule has 2 unspecified atom stereocenters. The fourth-order valence-electron chi connectivity index (χ4n) is 4.49. The molecular formula is C26H31O3PS. The van der Waals surface area contributed by atoms with Crippen LogP contribution in [0.2, 0.25) is 0 Å². The zero-order valence-corrected chi connectivity index (χ0v) is 20.7. The normalized spacial score (nSPS) is 17.8. The molecule has 164 valence electrons. The van der Waals surface area contributed by atoms with Crippen LogP contribution < -0.4 is 5.30 Å². The van der Waals surface area contributed by atoms with Crippen molar-refractivity contribution in [2.75, 3.05) is 0 Å². The molecule has 2 aromatic carbocycles.